The molecule has 5 rings (SSSR count). The molecule has 8 heteroatoms. The number of rotatable bonds is 8. The lowest BCUT2D eigenvalue weighted by Gasteiger charge is -2.28. The molecule has 0 fully saturated rings. The van der Waals surface area contributed by atoms with E-state index in [0.29, 0.717) is 32.8 Å². The summed E-state index contributed by atoms with van der Waals surface area (Å²) < 4.78 is 13.6. The molecule has 0 bridgehead atoms. The summed E-state index contributed by atoms with van der Waals surface area (Å²) in [6.07, 6.45) is 5.29. The molecule has 0 radical (unpaired) electrons. The van der Waals surface area contributed by atoms with Gasteiger partial charge in [-0.1, -0.05) is 67.1 Å². The summed E-state index contributed by atoms with van der Waals surface area (Å²) in [6, 6.07) is 19.1. The Kier molecular flexibility index (Phi) is 8.04. The van der Waals surface area contributed by atoms with Gasteiger partial charge in [0.15, 0.2) is 4.80 Å². The number of esters is 1. The predicted octanol–water partition coefficient (Wildman–Crippen LogP) is 5.46. The topological polar surface area (TPSA) is 69.9 Å². The van der Waals surface area contributed by atoms with Crippen molar-refractivity contribution in [3.05, 3.63) is 103 Å². The van der Waals surface area contributed by atoms with Gasteiger partial charge in [-0.3, -0.25) is 9.36 Å². The summed E-state index contributed by atoms with van der Waals surface area (Å²) >= 11 is 3.01. The maximum atomic E-state index is 14.1. The number of carbonyl (C=O) groups excluding carboxylic acids is 1. The minimum Gasteiger partial charge on any atom is -0.496 e. The summed E-state index contributed by atoms with van der Waals surface area (Å²) in [4.78, 5) is 34.3. The quantitative estimate of drug-likeness (QED) is 0.212. The first kappa shape index (κ1) is 27.0. The second-order valence-corrected chi connectivity index (χ2v) is 11.0. The molecule has 6 nitrogen and oxygen atoms in total. The van der Waals surface area contributed by atoms with E-state index in [9.17, 15) is 9.59 Å². The highest BCUT2D eigenvalue weighted by Gasteiger charge is 2.37. The van der Waals surface area contributed by atoms with Crippen LogP contribution >= 0.6 is 23.1 Å². The summed E-state index contributed by atoms with van der Waals surface area (Å²) in [5.74, 6) is 0.132. The van der Waals surface area contributed by atoms with Crippen molar-refractivity contribution in [2.75, 3.05) is 20.0 Å². The maximum Gasteiger partial charge on any atom is 0.338 e. The van der Waals surface area contributed by atoms with E-state index < -0.39 is 12.0 Å². The van der Waals surface area contributed by atoms with Crippen LogP contribution in [0.15, 0.2) is 86.6 Å². The van der Waals surface area contributed by atoms with E-state index >= 15 is 0 Å². The molecular weight excluding hydrogens is 528 g/mol. The Morgan fingerprint density at radius 3 is 2.56 bits per heavy atom. The lowest BCUT2D eigenvalue weighted by atomic mass is 9.90. The lowest BCUT2D eigenvalue weighted by Crippen LogP contribution is -2.40. The molecule has 1 aliphatic rings. The van der Waals surface area contributed by atoms with Crippen LogP contribution in [0.3, 0.4) is 0 Å². The monoisotopic (exact) mass is 558 g/mol. The third-order valence-corrected chi connectivity index (χ3v) is 8.46. The number of ether oxygens (including phenoxy) is 2. The number of benzene rings is 3. The van der Waals surface area contributed by atoms with Crippen molar-refractivity contribution in [1.82, 2.24) is 4.57 Å². The van der Waals surface area contributed by atoms with Crippen LogP contribution in [0.4, 0.5) is 0 Å². The van der Waals surface area contributed by atoms with Crippen molar-refractivity contribution in [3.8, 4) is 5.75 Å². The Hall–Kier alpha value is -3.62. The van der Waals surface area contributed by atoms with E-state index in [0.717, 1.165) is 33.2 Å². The molecule has 2 heterocycles. The van der Waals surface area contributed by atoms with Gasteiger partial charge in [0.2, 0.25) is 0 Å². The number of aromatic nitrogens is 1. The van der Waals surface area contributed by atoms with Gasteiger partial charge in [-0.05, 0) is 60.2 Å². The van der Waals surface area contributed by atoms with Crippen molar-refractivity contribution in [1.29, 1.82) is 0 Å². The van der Waals surface area contributed by atoms with E-state index in [1.807, 2.05) is 79.9 Å². The molecule has 0 aliphatic carbocycles. The van der Waals surface area contributed by atoms with E-state index in [4.69, 9.17) is 14.5 Å². The molecule has 1 atom stereocenters. The standard InChI is InChI=1S/C31H30N2O4S2/c1-5-9-23-27(30(35)37-6-2)28(26-22-11-8-7-10-20(22)14-17-24(26)36-3)33-29(34)25(39-31(33)32-23)18-19-12-15-21(38-4)16-13-19/h7-8,10-18,28H,5-6,9H2,1-4H3/t28-/m0/s1. The normalized spacial score (nSPS) is 15.3. The first-order valence-corrected chi connectivity index (χ1v) is 15.0. The minimum absolute atomic E-state index is 0.204. The molecular formula is C31H30N2O4S2. The number of methoxy groups -OCH3 is 1. The Balaban J connectivity index is 1.85. The van der Waals surface area contributed by atoms with E-state index in [-0.39, 0.29) is 12.2 Å². The Labute approximate surface area is 235 Å². The van der Waals surface area contributed by atoms with Crippen molar-refractivity contribution in [3.63, 3.8) is 0 Å². The van der Waals surface area contributed by atoms with Gasteiger partial charge in [0, 0.05) is 10.5 Å². The van der Waals surface area contributed by atoms with Gasteiger partial charge in [0.05, 0.1) is 29.5 Å². The van der Waals surface area contributed by atoms with Crippen LogP contribution in [0.25, 0.3) is 16.8 Å². The van der Waals surface area contributed by atoms with Gasteiger partial charge >= 0.3 is 5.97 Å². The second-order valence-electron chi connectivity index (χ2n) is 9.09. The molecule has 200 valence electrons. The van der Waals surface area contributed by atoms with Crippen LogP contribution in [0.5, 0.6) is 5.75 Å². The number of thiazole rings is 1. The van der Waals surface area contributed by atoms with E-state index in [1.165, 1.54) is 11.3 Å². The number of fused-ring (bicyclic) bond motifs is 2. The fourth-order valence-electron chi connectivity index (χ4n) is 4.98. The minimum atomic E-state index is -0.746. The number of thioether (sulfide) groups is 1. The number of allylic oxidation sites excluding steroid dienone is 1. The molecule has 0 saturated heterocycles. The molecule has 0 amide bonds. The van der Waals surface area contributed by atoms with Crippen molar-refractivity contribution in [2.45, 2.75) is 37.6 Å². The molecule has 0 unspecified atom stereocenters. The van der Waals surface area contributed by atoms with Crippen LogP contribution in [0, 0.1) is 0 Å². The molecule has 3 aromatic carbocycles. The van der Waals surface area contributed by atoms with Crippen LogP contribution in [0.1, 0.15) is 43.9 Å². The zero-order valence-electron chi connectivity index (χ0n) is 22.4. The van der Waals surface area contributed by atoms with Gasteiger partial charge in [-0.25, -0.2) is 9.79 Å². The molecule has 0 spiro atoms. The van der Waals surface area contributed by atoms with Gasteiger partial charge in [-0.15, -0.1) is 11.8 Å². The lowest BCUT2D eigenvalue weighted by molar-refractivity contribution is -0.139. The predicted molar refractivity (Wildman–Crippen MR) is 158 cm³/mol. The highest BCUT2D eigenvalue weighted by Crippen LogP contribution is 2.41. The average Bonchev–Trinajstić information content (AvgIpc) is 3.26. The second kappa shape index (κ2) is 11.6. The summed E-state index contributed by atoms with van der Waals surface area (Å²) in [7, 11) is 1.61. The van der Waals surface area contributed by atoms with Crippen molar-refractivity contribution in [2.24, 2.45) is 4.99 Å². The number of hydrogen-bond acceptors (Lipinski definition) is 7. The van der Waals surface area contributed by atoms with Gasteiger partial charge in [-0.2, -0.15) is 0 Å². The Morgan fingerprint density at radius 1 is 1.10 bits per heavy atom. The molecule has 4 aromatic rings. The average molecular weight is 559 g/mol. The van der Waals surface area contributed by atoms with Crippen LogP contribution in [-0.2, 0) is 9.53 Å². The Morgan fingerprint density at radius 2 is 1.87 bits per heavy atom. The molecule has 0 N–H and O–H groups in total. The van der Waals surface area contributed by atoms with Gasteiger partial charge in [0.25, 0.3) is 5.56 Å². The summed E-state index contributed by atoms with van der Waals surface area (Å²) in [5, 5.41) is 1.89. The van der Waals surface area contributed by atoms with Crippen molar-refractivity contribution < 1.29 is 14.3 Å². The van der Waals surface area contributed by atoms with E-state index in [1.54, 1.807) is 30.4 Å². The SMILES string of the molecule is CCCC1=C(C(=O)OCC)[C@H](c2c(OC)ccc3ccccc23)n2c(sc(=Cc3ccc(SC)cc3)c2=O)=N1. The molecule has 39 heavy (non-hydrogen) atoms. The van der Waals surface area contributed by atoms with Gasteiger partial charge < -0.3 is 9.47 Å². The number of hydrogen-bond donors (Lipinski definition) is 0. The first-order chi connectivity index (χ1) is 19.0. The zero-order chi connectivity index (χ0) is 27.5. The molecule has 1 aromatic heterocycles. The maximum absolute atomic E-state index is 14.1. The van der Waals surface area contributed by atoms with E-state index in [2.05, 4.69) is 0 Å². The summed E-state index contributed by atoms with van der Waals surface area (Å²) in [5.41, 5.74) is 2.50. The number of nitrogens with zero attached hydrogens (tertiary/aromatic N) is 2. The third-order valence-electron chi connectivity index (χ3n) is 6.73. The smallest absolute Gasteiger partial charge is 0.338 e. The van der Waals surface area contributed by atoms with Crippen LogP contribution in [0.2, 0.25) is 0 Å². The summed E-state index contributed by atoms with van der Waals surface area (Å²) in [6.45, 7) is 4.05. The molecule has 0 saturated carbocycles. The fraction of sp³-hybridized carbons (Fsp3) is 0.258. The zero-order valence-corrected chi connectivity index (χ0v) is 24.0. The highest BCUT2D eigenvalue weighted by atomic mass is 32.2. The van der Waals surface area contributed by atoms with Crippen LogP contribution < -0.4 is 19.6 Å². The molecule has 1 aliphatic heterocycles. The fourth-order valence-corrected chi connectivity index (χ4v) is 6.41. The highest BCUT2D eigenvalue weighted by molar-refractivity contribution is 7.98. The third kappa shape index (κ3) is 5.06. The van der Waals surface area contributed by atoms with Crippen LogP contribution in [-0.4, -0.2) is 30.5 Å². The van der Waals surface area contributed by atoms with Gasteiger partial charge in [0.1, 0.15) is 11.8 Å². The van der Waals surface area contributed by atoms with Crippen molar-refractivity contribution >= 4 is 45.9 Å². The Bertz CT molecular complexity index is 1750. The number of carbonyl (C=O) groups is 1. The largest absolute Gasteiger partial charge is 0.496 e. The first-order valence-electron chi connectivity index (χ1n) is 12.9.